The summed E-state index contributed by atoms with van der Waals surface area (Å²) in [6.07, 6.45) is 4.04. The van der Waals surface area contributed by atoms with Gasteiger partial charge in [0.05, 0.1) is 24.4 Å². The highest BCUT2D eigenvalue weighted by Crippen LogP contribution is 2.25. The number of imidazole rings is 1. The molecule has 0 aliphatic carbocycles. The molecule has 1 aromatic heterocycles. The zero-order valence-corrected chi connectivity index (χ0v) is 14.7. The first-order valence-corrected chi connectivity index (χ1v) is 8.59. The normalized spacial score (nSPS) is 18.9. The monoisotopic (exact) mass is 324 g/mol. The van der Waals surface area contributed by atoms with Crippen LogP contribution in [0.3, 0.4) is 0 Å². The van der Waals surface area contributed by atoms with Crippen LogP contribution in [0.25, 0.3) is 0 Å². The van der Waals surface area contributed by atoms with Crippen molar-refractivity contribution in [3.63, 3.8) is 0 Å². The molecule has 0 spiro atoms. The highest BCUT2D eigenvalue weighted by molar-refractivity contribution is 7.98. The molecule has 122 valence electrons. The summed E-state index contributed by atoms with van der Waals surface area (Å²) in [4.78, 5) is 30.4. The van der Waals surface area contributed by atoms with E-state index in [0.29, 0.717) is 19.5 Å². The van der Waals surface area contributed by atoms with Crippen LogP contribution < -0.4 is 5.32 Å². The summed E-state index contributed by atoms with van der Waals surface area (Å²) in [6, 6.07) is 0. The third kappa shape index (κ3) is 3.45. The molecule has 2 amide bonds. The number of hydrogen-bond donors (Lipinski definition) is 1. The number of likely N-dealkylation sites (tertiary alicyclic amines) is 1. The average molecular weight is 324 g/mol. The summed E-state index contributed by atoms with van der Waals surface area (Å²) >= 11 is 1.57. The van der Waals surface area contributed by atoms with Crippen LogP contribution in [0.5, 0.6) is 0 Å². The fourth-order valence-corrected chi connectivity index (χ4v) is 3.18. The second-order valence-corrected chi connectivity index (χ2v) is 7.36. The van der Waals surface area contributed by atoms with Crippen LogP contribution in [0, 0.1) is 5.92 Å². The van der Waals surface area contributed by atoms with Gasteiger partial charge in [-0.2, -0.15) is 0 Å². The van der Waals surface area contributed by atoms with Crippen molar-refractivity contribution in [3.05, 3.63) is 11.9 Å². The Kier molecular flexibility index (Phi) is 4.84. The van der Waals surface area contributed by atoms with Gasteiger partial charge in [-0.1, -0.05) is 11.8 Å². The van der Waals surface area contributed by atoms with Gasteiger partial charge in [0.1, 0.15) is 0 Å². The van der Waals surface area contributed by atoms with Gasteiger partial charge >= 0.3 is 0 Å². The van der Waals surface area contributed by atoms with E-state index in [-0.39, 0.29) is 23.3 Å². The lowest BCUT2D eigenvalue weighted by Crippen LogP contribution is -2.43. The van der Waals surface area contributed by atoms with Gasteiger partial charge in [-0.05, 0) is 27.0 Å². The Morgan fingerprint density at radius 3 is 2.68 bits per heavy atom. The number of hydrogen-bond acceptors (Lipinski definition) is 4. The summed E-state index contributed by atoms with van der Waals surface area (Å²) in [5.41, 5.74) is 0.719. The van der Waals surface area contributed by atoms with Crippen LogP contribution in [0.4, 0.5) is 0 Å². The van der Waals surface area contributed by atoms with E-state index in [0.717, 1.165) is 10.9 Å². The molecule has 22 heavy (non-hydrogen) atoms. The van der Waals surface area contributed by atoms with Crippen molar-refractivity contribution in [1.82, 2.24) is 19.8 Å². The van der Waals surface area contributed by atoms with E-state index in [1.165, 1.54) is 0 Å². The predicted molar refractivity (Wildman–Crippen MR) is 86.4 cm³/mol. The van der Waals surface area contributed by atoms with Gasteiger partial charge in [-0.25, -0.2) is 4.98 Å². The molecule has 1 aromatic rings. The van der Waals surface area contributed by atoms with Crippen molar-refractivity contribution in [2.45, 2.75) is 44.4 Å². The lowest BCUT2D eigenvalue weighted by atomic mass is 10.1. The van der Waals surface area contributed by atoms with Gasteiger partial charge in [-0.15, -0.1) is 0 Å². The molecule has 1 N–H and O–H groups in total. The van der Waals surface area contributed by atoms with Crippen LogP contribution in [0.1, 0.15) is 32.9 Å². The average Bonchev–Trinajstić information content (AvgIpc) is 2.99. The number of carbonyl (C=O) groups excluding carboxylic acids is 2. The minimum atomic E-state index is -0.264. The van der Waals surface area contributed by atoms with Crippen molar-refractivity contribution in [3.8, 4) is 0 Å². The highest BCUT2D eigenvalue weighted by atomic mass is 32.2. The van der Waals surface area contributed by atoms with Crippen molar-refractivity contribution in [2.75, 3.05) is 12.8 Å². The quantitative estimate of drug-likeness (QED) is 0.850. The molecule has 0 aromatic carbocycles. The van der Waals surface area contributed by atoms with E-state index < -0.39 is 0 Å². The highest BCUT2D eigenvalue weighted by Gasteiger charge is 2.39. The molecule has 1 saturated heterocycles. The van der Waals surface area contributed by atoms with E-state index in [1.807, 2.05) is 38.6 Å². The fraction of sp³-hybridized carbons (Fsp3) is 0.667. The third-order valence-electron chi connectivity index (χ3n) is 3.97. The molecule has 2 heterocycles. The topological polar surface area (TPSA) is 67.2 Å². The molecular formula is C15H24N4O2S. The number of amides is 2. The van der Waals surface area contributed by atoms with E-state index in [1.54, 1.807) is 22.9 Å². The number of nitrogens with one attached hydrogen (secondary N) is 1. The number of thioether (sulfide) groups is 1. The van der Waals surface area contributed by atoms with Gasteiger partial charge in [0.25, 0.3) is 0 Å². The standard InChI is InChI=1S/C15H24N4O2S/c1-15(2,3)19-9-10(6-12(19)20)13(21)16-7-11-8-17-14(22-5)18(11)4/h8,10H,6-7,9H2,1-5H3,(H,16,21)/t10-/m0/s1. The molecule has 0 unspecified atom stereocenters. The first kappa shape index (κ1) is 16.9. The van der Waals surface area contributed by atoms with E-state index >= 15 is 0 Å². The summed E-state index contributed by atoms with van der Waals surface area (Å²) < 4.78 is 1.96. The summed E-state index contributed by atoms with van der Waals surface area (Å²) in [6.45, 7) is 6.90. The lowest BCUT2D eigenvalue weighted by molar-refractivity contribution is -0.132. The zero-order valence-electron chi connectivity index (χ0n) is 13.8. The Morgan fingerprint density at radius 2 is 2.18 bits per heavy atom. The number of aromatic nitrogens is 2. The SMILES string of the molecule is CSc1ncc(CNC(=O)[C@H]2CC(=O)N(C(C)(C)C)C2)n1C. The number of rotatable bonds is 4. The maximum absolute atomic E-state index is 12.3. The van der Waals surface area contributed by atoms with Crippen molar-refractivity contribution < 1.29 is 9.59 Å². The van der Waals surface area contributed by atoms with Crippen LogP contribution in [-0.4, -0.2) is 44.6 Å². The summed E-state index contributed by atoms with van der Waals surface area (Å²) in [5.74, 6) is -0.273. The van der Waals surface area contributed by atoms with E-state index in [4.69, 9.17) is 0 Å². The number of carbonyl (C=O) groups is 2. The lowest BCUT2D eigenvalue weighted by Gasteiger charge is -2.31. The Balaban J connectivity index is 1.93. The maximum atomic E-state index is 12.3. The molecular weight excluding hydrogens is 300 g/mol. The Hall–Kier alpha value is -1.50. The number of nitrogens with zero attached hydrogens (tertiary/aromatic N) is 3. The van der Waals surface area contributed by atoms with Gasteiger partial charge in [-0.3, -0.25) is 9.59 Å². The molecule has 7 heteroatoms. The van der Waals surface area contributed by atoms with Gasteiger partial charge < -0.3 is 14.8 Å². The second kappa shape index (κ2) is 6.32. The molecule has 0 radical (unpaired) electrons. The first-order chi connectivity index (χ1) is 10.2. The van der Waals surface area contributed by atoms with Gasteiger partial charge in [0.15, 0.2) is 5.16 Å². The second-order valence-electron chi connectivity index (χ2n) is 6.59. The van der Waals surface area contributed by atoms with Gasteiger partial charge in [0.2, 0.25) is 11.8 Å². The fourth-order valence-electron chi connectivity index (χ4n) is 2.63. The molecule has 6 nitrogen and oxygen atoms in total. The third-order valence-corrected chi connectivity index (χ3v) is 4.72. The summed E-state index contributed by atoms with van der Waals surface area (Å²) in [7, 11) is 1.93. The molecule has 2 rings (SSSR count). The Morgan fingerprint density at radius 1 is 1.50 bits per heavy atom. The predicted octanol–water partition coefficient (Wildman–Crippen LogP) is 1.41. The molecule has 1 aliphatic heterocycles. The van der Waals surface area contributed by atoms with Crippen molar-refractivity contribution in [1.29, 1.82) is 0 Å². The van der Waals surface area contributed by atoms with Crippen LogP contribution in [0.15, 0.2) is 11.4 Å². The molecule has 1 atom stereocenters. The van der Waals surface area contributed by atoms with E-state index in [2.05, 4.69) is 10.3 Å². The molecule has 0 saturated carbocycles. The Bertz CT molecular complexity index is 577. The van der Waals surface area contributed by atoms with Crippen LogP contribution in [0.2, 0.25) is 0 Å². The minimum Gasteiger partial charge on any atom is -0.350 e. The van der Waals surface area contributed by atoms with Crippen molar-refractivity contribution >= 4 is 23.6 Å². The van der Waals surface area contributed by atoms with Crippen LogP contribution >= 0.6 is 11.8 Å². The molecule has 1 fully saturated rings. The molecule has 1 aliphatic rings. The Labute approximate surface area is 135 Å². The van der Waals surface area contributed by atoms with E-state index in [9.17, 15) is 9.59 Å². The summed E-state index contributed by atoms with van der Waals surface area (Å²) in [5, 5.41) is 3.84. The molecule has 0 bridgehead atoms. The largest absolute Gasteiger partial charge is 0.350 e. The van der Waals surface area contributed by atoms with Crippen LogP contribution in [-0.2, 0) is 23.2 Å². The van der Waals surface area contributed by atoms with Gasteiger partial charge in [0, 0.05) is 25.6 Å². The van der Waals surface area contributed by atoms with Crippen molar-refractivity contribution in [2.24, 2.45) is 13.0 Å². The first-order valence-electron chi connectivity index (χ1n) is 7.36. The zero-order chi connectivity index (χ0) is 16.5. The minimum absolute atomic E-state index is 0.0536. The maximum Gasteiger partial charge on any atom is 0.225 e. The smallest absolute Gasteiger partial charge is 0.225 e.